The van der Waals surface area contributed by atoms with Crippen LogP contribution in [-0.2, 0) is 4.74 Å². The fourth-order valence-electron chi connectivity index (χ4n) is 1.17. The highest BCUT2D eigenvalue weighted by atomic mass is 16.6. The Morgan fingerprint density at radius 3 is 2.35 bits per heavy atom. The molecular formula is C11H24N2O4. The monoisotopic (exact) mass is 248 g/mol. The highest BCUT2D eigenvalue weighted by Gasteiger charge is 2.18. The maximum atomic E-state index is 11.2. The average molecular weight is 248 g/mol. The topological polar surface area (TPSA) is 90.8 Å². The van der Waals surface area contributed by atoms with Gasteiger partial charge in [0.2, 0.25) is 0 Å². The summed E-state index contributed by atoms with van der Waals surface area (Å²) in [6, 6.07) is 0. The third-order valence-corrected chi connectivity index (χ3v) is 1.97. The zero-order valence-electron chi connectivity index (χ0n) is 11.0. The summed E-state index contributed by atoms with van der Waals surface area (Å²) in [7, 11) is 1.69. The van der Waals surface area contributed by atoms with Crippen molar-refractivity contribution in [2.45, 2.75) is 45.0 Å². The van der Waals surface area contributed by atoms with Crippen molar-refractivity contribution in [3.05, 3.63) is 0 Å². The molecule has 0 fully saturated rings. The maximum absolute atomic E-state index is 11.2. The van der Waals surface area contributed by atoms with Gasteiger partial charge in [0.1, 0.15) is 5.60 Å². The number of ether oxygens (including phenoxy) is 1. The molecule has 0 saturated heterocycles. The number of carbonyl (C=O) groups excluding carboxylic acids is 1. The van der Waals surface area contributed by atoms with E-state index < -0.39 is 23.9 Å². The Bertz CT molecular complexity index is 228. The SMILES string of the molecule is CNCC(O)C(O)CCNC(=O)OC(C)(C)C. The van der Waals surface area contributed by atoms with Crippen molar-refractivity contribution in [1.29, 1.82) is 0 Å². The Morgan fingerprint density at radius 1 is 1.29 bits per heavy atom. The molecule has 1 amide bonds. The van der Waals surface area contributed by atoms with Crippen molar-refractivity contribution in [2.24, 2.45) is 0 Å². The van der Waals surface area contributed by atoms with E-state index in [2.05, 4.69) is 10.6 Å². The molecule has 0 aliphatic heterocycles. The van der Waals surface area contributed by atoms with Gasteiger partial charge in [-0.1, -0.05) is 0 Å². The Kier molecular flexibility index (Phi) is 7.10. The molecular weight excluding hydrogens is 224 g/mol. The molecule has 0 saturated carbocycles. The number of aliphatic hydroxyl groups is 2. The summed E-state index contributed by atoms with van der Waals surface area (Å²) >= 11 is 0. The van der Waals surface area contributed by atoms with E-state index in [0.29, 0.717) is 6.54 Å². The lowest BCUT2D eigenvalue weighted by atomic mass is 10.1. The molecule has 0 heterocycles. The van der Waals surface area contributed by atoms with E-state index in [9.17, 15) is 15.0 Å². The van der Waals surface area contributed by atoms with Gasteiger partial charge in [0.25, 0.3) is 0 Å². The zero-order valence-corrected chi connectivity index (χ0v) is 11.0. The van der Waals surface area contributed by atoms with Crippen molar-refractivity contribution in [3.63, 3.8) is 0 Å². The van der Waals surface area contributed by atoms with E-state index in [-0.39, 0.29) is 13.0 Å². The van der Waals surface area contributed by atoms with Crippen LogP contribution in [0.2, 0.25) is 0 Å². The second kappa shape index (κ2) is 7.47. The van der Waals surface area contributed by atoms with Gasteiger partial charge in [0.15, 0.2) is 0 Å². The summed E-state index contributed by atoms with van der Waals surface area (Å²) in [5.41, 5.74) is -0.533. The van der Waals surface area contributed by atoms with Crippen LogP contribution in [-0.4, -0.2) is 54.3 Å². The number of likely N-dealkylation sites (N-methyl/N-ethyl adjacent to an activating group) is 1. The molecule has 4 N–H and O–H groups in total. The molecule has 6 nitrogen and oxygen atoms in total. The Hall–Kier alpha value is -0.850. The lowest BCUT2D eigenvalue weighted by molar-refractivity contribution is 0.0151. The number of rotatable bonds is 6. The third-order valence-electron chi connectivity index (χ3n) is 1.97. The number of hydrogen-bond acceptors (Lipinski definition) is 5. The Morgan fingerprint density at radius 2 is 1.88 bits per heavy atom. The quantitative estimate of drug-likeness (QED) is 0.524. The first-order chi connectivity index (χ1) is 7.76. The third kappa shape index (κ3) is 8.91. The second-order valence-electron chi connectivity index (χ2n) is 4.91. The van der Waals surface area contributed by atoms with Crippen LogP contribution in [0.3, 0.4) is 0 Å². The van der Waals surface area contributed by atoms with Crippen molar-refractivity contribution < 1.29 is 19.7 Å². The van der Waals surface area contributed by atoms with E-state index >= 15 is 0 Å². The van der Waals surface area contributed by atoms with Crippen molar-refractivity contribution in [2.75, 3.05) is 20.1 Å². The maximum Gasteiger partial charge on any atom is 0.407 e. The van der Waals surface area contributed by atoms with Gasteiger partial charge in [0, 0.05) is 13.1 Å². The van der Waals surface area contributed by atoms with Gasteiger partial charge in [0.05, 0.1) is 12.2 Å². The molecule has 0 aliphatic rings. The first-order valence-electron chi connectivity index (χ1n) is 5.74. The summed E-state index contributed by atoms with van der Waals surface area (Å²) in [6.07, 6.45) is -1.94. The van der Waals surface area contributed by atoms with Gasteiger partial charge in [-0.05, 0) is 34.2 Å². The largest absolute Gasteiger partial charge is 0.444 e. The zero-order chi connectivity index (χ0) is 13.5. The molecule has 2 unspecified atom stereocenters. The number of amides is 1. The van der Waals surface area contributed by atoms with Gasteiger partial charge >= 0.3 is 6.09 Å². The molecule has 0 aromatic carbocycles. The van der Waals surface area contributed by atoms with Gasteiger partial charge in [-0.15, -0.1) is 0 Å². The van der Waals surface area contributed by atoms with Crippen molar-refractivity contribution in [1.82, 2.24) is 10.6 Å². The van der Waals surface area contributed by atoms with Crippen LogP contribution >= 0.6 is 0 Å². The fraction of sp³-hybridized carbons (Fsp3) is 0.909. The molecule has 0 spiro atoms. The minimum atomic E-state index is -0.864. The Labute approximate surface area is 102 Å². The summed E-state index contributed by atoms with van der Waals surface area (Å²) in [6.45, 7) is 5.90. The molecule has 102 valence electrons. The summed E-state index contributed by atoms with van der Waals surface area (Å²) in [4.78, 5) is 11.2. The van der Waals surface area contributed by atoms with Crippen LogP contribution in [0.15, 0.2) is 0 Å². The summed E-state index contributed by atoms with van der Waals surface area (Å²) in [5, 5.41) is 24.2. The number of carbonyl (C=O) groups is 1. The number of hydrogen-bond donors (Lipinski definition) is 4. The highest BCUT2D eigenvalue weighted by molar-refractivity contribution is 5.67. The van der Waals surface area contributed by atoms with Crippen LogP contribution < -0.4 is 10.6 Å². The molecule has 0 radical (unpaired) electrons. The first-order valence-corrected chi connectivity index (χ1v) is 5.74. The summed E-state index contributed by atoms with van der Waals surface area (Å²) < 4.78 is 5.02. The molecule has 0 aromatic rings. The lowest BCUT2D eigenvalue weighted by Crippen LogP contribution is -2.38. The van der Waals surface area contributed by atoms with E-state index in [1.807, 2.05) is 0 Å². The predicted octanol–water partition coefficient (Wildman–Crippen LogP) is -0.158. The highest BCUT2D eigenvalue weighted by Crippen LogP contribution is 2.06. The van der Waals surface area contributed by atoms with Crippen molar-refractivity contribution >= 4 is 6.09 Å². The molecule has 0 aromatic heterocycles. The van der Waals surface area contributed by atoms with Gasteiger partial charge in [-0.25, -0.2) is 4.79 Å². The van der Waals surface area contributed by atoms with Crippen LogP contribution in [0, 0.1) is 0 Å². The van der Waals surface area contributed by atoms with Crippen LogP contribution in [0.5, 0.6) is 0 Å². The van der Waals surface area contributed by atoms with Crippen LogP contribution in [0.4, 0.5) is 4.79 Å². The molecule has 17 heavy (non-hydrogen) atoms. The van der Waals surface area contributed by atoms with Gasteiger partial charge in [-0.2, -0.15) is 0 Å². The number of aliphatic hydroxyl groups excluding tert-OH is 2. The smallest absolute Gasteiger partial charge is 0.407 e. The van der Waals surface area contributed by atoms with E-state index in [1.54, 1.807) is 27.8 Å². The lowest BCUT2D eigenvalue weighted by Gasteiger charge is -2.21. The normalized spacial score (nSPS) is 15.2. The van der Waals surface area contributed by atoms with E-state index in [0.717, 1.165) is 0 Å². The summed E-state index contributed by atoms with van der Waals surface area (Å²) in [5.74, 6) is 0. The van der Waals surface area contributed by atoms with Crippen molar-refractivity contribution in [3.8, 4) is 0 Å². The number of nitrogens with one attached hydrogen (secondary N) is 2. The molecule has 6 heteroatoms. The van der Waals surface area contributed by atoms with Crippen LogP contribution in [0.1, 0.15) is 27.2 Å². The minimum absolute atomic E-state index is 0.261. The van der Waals surface area contributed by atoms with Gasteiger partial charge < -0.3 is 25.6 Å². The second-order valence-corrected chi connectivity index (χ2v) is 4.91. The minimum Gasteiger partial charge on any atom is -0.444 e. The molecule has 0 rings (SSSR count). The Balaban J connectivity index is 3.73. The average Bonchev–Trinajstić information content (AvgIpc) is 2.14. The van der Waals surface area contributed by atoms with E-state index in [4.69, 9.17) is 4.74 Å². The number of alkyl carbamates (subject to hydrolysis) is 1. The fourth-order valence-corrected chi connectivity index (χ4v) is 1.17. The standard InChI is InChI=1S/C11H24N2O4/c1-11(2,3)17-10(16)13-6-5-8(14)9(15)7-12-4/h8-9,12,14-15H,5-7H2,1-4H3,(H,13,16). The van der Waals surface area contributed by atoms with E-state index in [1.165, 1.54) is 0 Å². The molecule has 2 atom stereocenters. The molecule has 0 bridgehead atoms. The molecule has 0 aliphatic carbocycles. The van der Waals surface area contributed by atoms with Crippen LogP contribution in [0.25, 0.3) is 0 Å². The predicted molar refractivity (Wildman–Crippen MR) is 64.8 cm³/mol. The first kappa shape index (κ1) is 16.1. The van der Waals surface area contributed by atoms with Gasteiger partial charge in [-0.3, -0.25) is 0 Å².